The third-order valence-electron chi connectivity index (χ3n) is 7.69. The van der Waals surface area contributed by atoms with Gasteiger partial charge in [-0.2, -0.15) is 0 Å². The molecule has 0 bridgehead atoms. The van der Waals surface area contributed by atoms with Crippen LogP contribution >= 0.6 is 23.2 Å². The van der Waals surface area contributed by atoms with E-state index < -0.39 is 11.9 Å². The topological polar surface area (TPSA) is 105 Å². The maximum Gasteiger partial charge on any atom is 0.374 e. The van der Waals surface area contributed by atoms with E-state index in [4.69, 9.17) is 45.9 Å². The number of halogens is 2. The zero-order valence-corrected chi connectivity index (χ0v) is 26.6. The Bertz CT molecular complexity index is 2300. The van der Waals surface area contributed by atoms with Gasteiger partial charge in [-0.05, 0) is 73.2 Å². The second-order valence-electron chi connectivity index (χ2n) is 10.7. The van der Waals surface area contributed by atoms with Gasteiger partial charge in [0.15, 0.2) is 0 Å². The number of rotatable bonds is 8. The Hall–Kier alpha value is -5.31. The Morgan fingerprint density at radius 1 is 0.787 bits per heavy atom. The Morgan fingerprint density at radius 2 is 1.53 bits per heavy atom. The number of esters is 2. The van der Waals surface area contributed by atoms with Gasteiger partial charge in [0.05, 0.1) is 18.7 Å². The highest BCUT2D eigenvalue weighted by atomic mass is 35.5. The van der Waals surface area contributed by atoms with Crippen LogP contribution in [0.1, 0.15) is 39.2 Å². The maximum absolute atomic E-state index is 13.3. The highest BCUT2D eigenvalue weighted by Gasteiger charge is 2.25. The van der Waals surface area contributed by atoms with Crippen molar-refractivity contribution in [2.45, 2.75) is 13.3 Å². The van der Waals surface area contributed by atoms with Gasteiger partial charge in [0.2, 0.25) is 5.76 Å². The molecule has 10 heteroatoms. The summed E-state index contributed by atoms with van der Waals surface area (Å²) in [4.78, 5) is 29.5. The van der Waals surface area contributed by atoms with Crippen molar-refractivity contribution in [1.29, 1.82) is 0 Å². The van der Waals surface area contributed by atoms with E-state index in [0.717, 1.165) is 22.1 Å². The maximum atomic E-state index is 13.3. The van der Waals surface area contributed by atoms with Crippen molar-refractivity contribution < 1.29 is 32.3 Å². The number of carbonyl (C=O) groups excluding carboxylic acids is 2. The lowest BCUT2D eigenvalue weighted by Crippen LogP contribution is -2.05. The summed E-state index contributed by atoms with van der Waals surface area (Å²) < 4.78 is 28.6. The summed E-state index contributed by atoms with van der Waals surface area (Å²) in [5.74, 6) is 0.696. The summed E-state index contributed by atoms with van der Waals surface area (Å²) in [6.45, 7) is 1.99. The molecular weight excluding hydrogens is 641 g/mol. The zero-order valence-electron chi connectivity index (χ0n) is 25.1. The number of carbonyl (C=O) groups is 2. The van der Waals surface area contributed by atoms with Crippen LogP contribution in [0.15, 0.2) is 105 Å². The number of pyridine rings is 1. The van der Waals surface area contributed by atoms with Crippen LogP contribution in [0.5, 0.6) is 0 Å². The van der Waals surface area contributed by atoms with Crippen molar-refractivity contribution in [2.75, 3.05) is 13.7 Å². The number of hydrogen-bond acceptors (Lipinski definition) is 8. The molecule has 0 N–H and O–H groups in total. The van der Waals surface area contributed by atoms with Crippen molar-refractivity contribution >= 4 is 57.1 Å². The molecule has 7 rings (SSSR count). The average Bonchev–Trinajstić information content (AvgIpc) is 3.83. The zero-order chi connectivity index (χ0) is 32.7. The third kappa shape index (κ3) is 5.78. The first-order chi connectivity index (χ1) is 22.8. The van der Waals surface area contributed by atoms with Gasteiger partial charge < -0.3 is 22.7 Å². The van der Waals surface area contributed by atoms with E-state index in [9.17, 15) is 9.59 Å². The number of ether oxygens (including phenoxy) is 2. The van der Waals surface area contributed by atoms with Crippen LogP contribution < -0.4 is 0 Å². The first-order valence-electron chi connectivity index (χ1n) is 14.7. The van der Waals surface area contributed by atoms with Crippen LogP contribution in [0.4, 0.5) is 0 Å². The minimum absolute atomic E-state index is 0.128. The molecule has 3 aromatic carbocycles. The molecule has 8 nitrogen and oxygen atoms in total. The molecule has 234 valence electrons. The van der Waals surface area contributed by atoms with Gasteiger partial charge in [-0.3, -0.25) is 4.98 Å². The largest absolute Gasteiger partial charge is 0.465 e. The van der Waals surface area contributed by atoms with Crippen molar-refractivity contribution in [3.05, 3.63) is 124 Å². The third-order valence-corrected chi connectivity index (χ3v) is 8.21. The van der Waals surface area contributed by atoms with E-state index in [1.807, 2.05) is 54.6 Å². The van der Waals surface area contributed by atoms with Crippen molar-refractivity contribution in [3.8, 4) is 33.8 Å². The molecule has 47 heavy (non-hydrogen) atoms. The van der Waals surface area contributed by atoms with Gasteiger partial charge in [0.25, 0.3) is 0 Å². The summed E-state index contributed by atoms with van der Waals surface area (Å²) >= 11 is 13.4. The summed E-state index contributed by atoms with van der Waals surface area (Å²) in [7, 11) is 1.32. The van der Waals surface area contributed by atoms with Crippen LogP contribution in [0.2, 0.25) is 10.0 Å². The highest BCUT2D eigenvalue weighted by molar-refractivity contribution is 6.35. The standard InChI is InChI=1S/C37H25Cl2NO7/c1-3-44-36(41)29-10-9-27(45-29)15-23-13-26(38)14-24-17-30(46-34(23)24)20-6-4-7-21(12-20)32-28(39)16-25-18-31(22-8-5-11-40-19-22)47-35(25)33(32)37(42)43-2/h4-14,16-19H,3,15H2,1-2H3. The molecule has 0 fully saturated rings. The molecule has 0 unspecified atom stereocenters. The van der Waals surface area contributed by atoms with E-state index in [0.29, 0.717) is 61.4 Å². The Morgan fingerprint density at radius 3 is 2.30 bits per heavy atom. The van der Waals surface area contributed by atoms with E-state index >= 15 is 0 Å². The Kier molecular flexibility index (Phi) is 8.05. The molecule has 0 radical (unpaired) electrons. The van der Waals surface area contributed by atoms with Crippen LogP contribution in [-0.2, 0) is 15.9 Å². The fourth-order valence-electron chi connectivity index (χ4n) is 5.64. The molecule has 0 aliphatic rings. The van der Waals surface area contributed by atoms with Gasteiger partial charge in [-0.1, -0.05) is 41.4 Å². The van der Waals surface area contributed by atoms with Crippen LogP contribution in [-0.4, -0.2) is 30.6 Å². The van der Waals surface area contributed by atoms with Gasteiger partial charge in [-0.15, -0.1) is 0 Å². The van der Waals surface area contributed by atoms with Crippen LogP contribution in [0, 0.1) is 0 Å². The molecule has 0 saturated heterocycles. The Labute approximate surface area is 278 Å². The molecule has 0 atom stereocenters. The number of fused-ring (bicyclic) bond motifs is 2. The number of methoxy groups -OCH3 is 1. The van der Waals surface area contributed by atoms with Gasteiger partial charge in [-0.25, -0.2) is 9.59 Å². The number of hydrogen-bond donors (Lipinski definition) is 0. The van der Waals surface area contributed by atoms with Crippen LogP contribution in [0.25, 0.3) is 55.7 Å². The number of benzene rings is 3. The second kappa shape index (κ2) is 12.5. The average molecular weight is 667 g/mol. The summed E-state index contributed by atoms with van der Waals surface area (Å²) in [6, 6.07) is 23.6. The van der Waals surface area contributed by atoms with Crippen molar-refractivity contribution in [3.63, 3.8) is 0 Å². The minimum Gasteiger partial charge on any atom is -0.465 e. The van der Waals surface area contributed by atoms with E-state index in [-0.39, 0.29) is 17.9 Å². The normalized spacial score (nSPS) is 11.3. The fourth-order valence-corrected chi connectivity index (χ4v) is 6.21. The SMILES string of the molecule is CCOC(=O)c1ccc(Cc2cc(Cl)cc3cc(-c4cccc(-c5c(Cl)cc6cc(-c7cccnc7)oc6c5C(=O)OC)c4)oc23)o1. The smallest absolute Gasteiger partial charge is 0.374 e. The lowest BCUT2D eigenvalue weighted by molar-refractivity contribution is 0.0487. The minimum atomic E-state index is -0.586. The molecule has 0 amide bonds. The van der Waals surface area contributed by atoms with Crippen molar-refractivity contribution in [1.82, 2.24) is 4.98 Å². The van der Waals surface area contributed by atoms with Gasteiger partial charge >= 0.3 is 11.9 Å². The van der Waals surface area contributed by atoms with E-state index in [2.05, 4.69) is 4.98 Å². The lowest BCUT2D eigenvalue weighted by atomic mass is 9.95. The first kappa shape index (κ1) is 30.3. The molecule has 7 aromatic rings. The number of furan rings is 3. The van der Waals surface area contributed by atoms with E-state index in [1.54, 1.807) is 43.6 Å². The molecular formula is C37H25Cl2NO7. The van der Waals surface area contributed by atoms with E-state index in [1.165, 1.54) is 7.11 Å². The predicted molar refractivity (Wildman–Crippen MR) is 179 cm³/mol. The predicted octanol–water partition coefficient (Wildman–Crippen LogP) is 10.0. The molecule has 0 aliphatic heterocycles. The number of nitrogens with zero attached hydrogens (tertiary/aromatic N) is 1. The molecule has 4 aromatic heterocycles. The molecule has 0 spiro atoms. The van der Waals surface area contributed by atoms with Crippen LogP contribution in [0.3, 0.4) is 0 Å². The van der Waals surface area contributed by atoms with Gasteiger partial charge in [0.1, 0.15) is 34.0 Å². The summed E-state index contributed by atoms with van der Waals surface area (Å²) in [5.41, 5.74) is 4.60. The summed E-state index contributed by atoms with van der Waals surface area (Å²) in [6.07, 6.45) is 3.70. The highest BCUT2D eigenvalue weighted by Crippen LogP contribution is 2.42. The lowest BCUT2D eigenvalue weighted by Gasteiger charge is -2.12. The second-order valence-corrected chi connectivity index (χ2v) is 11.6. The first-order valence-corrected chi connectivity index (χ1v) is 15.4. The quantitative estimate of drug-likeness (QED) is 0.148. The van der Waals surface area contributed by atoms with Gasteiger partial charge in [0, 0.05) is 56.9 Å². The molecule has 0 saturated carbocycles. The summed E-state index contributed by atoms with van der Waals surface area (Å²) in [5, 5.41) is 2.32. The monoisotopic (exact) mass is 665 g/mol. The fraction of sp³-hybridized carbons (Fsp3) is 0.108. The Balaban J connectivity index is 1.29. The molecule has 4 heterocycles. The molecule has 0 aliphatic carbocycles. The van der Waals surface area contributed by atoms with Crippen molar-refractivity contribution in [2.24, 2.45) is 0 Å². The number of aromatic nitrogens is 1.